The van der Waals surface area contributed by atoms with Gasteiger partial charge < -0.3 is 10.6 Å². The Bertz CT molecular complexity index is 310. The summed E-state index contributed by atoms with van der Waals surface area (Å²) >= 11 is 0. The smallest absolute Gasteiger partial charge is 0.223 e. The van der Waals surface area contributed by atoms with Crippen LogP contribution in [0.4, 0.5) is 0 Å². The lowest BCUT2D eigenvalue weighted by molar-refractivity contribution is -0.134. The van der Waals surface area contributed by atoms with E-state index in [-0.39, 0.29) is 0 Å². The third-order valence-corrected chi connectivity index (χ3v) is 5.16. The quantitative estimate of drug-likeness (QED) is 0.812. The second-order valence-corrected chi connectivity index (χ2v) is 7.28. The van der Waals surface area contributed by atoms with E-state index in [0.29, 0.717) is 36.8 Å². The van der Waals surface area contributed by atoms with Crippen molar-refractivity contribution in [1.82, 2.24) is 4.90 Å². The molecule has 2 atom stereocenters. The molecule has 3 heteroatoms. The van der Waals surface area contributed by atoms with Gasteiger partial charge in [0.2, 0.25) is 5.91 Å². The van der Waals surface area contributed by atoms with Crippen LogP contribution in [0.25, 0.3) is 0 Å². The first kappa shape index (κ1) is 15.8. The number of carbonyl (C=O) groups excluding carboxylic acids is 1. The zero-order chi connectivity index (χ0) is 14.5. The summed E-state index contributed by atoms with van der Waals surface area (Å²) in [5.74, 6) is 2.14. The molecule has 2 fully saturated rings. The molecule has 0 aromatic heterocycles. The summed E-state index contributed by atoms with van der Waals surface area (Å²) in [6.07, 6.45) is 9.56. The lowest BCUT2D eigenvalue weighted by Gasteiger charge is -2.31. The average Bonchev–Trinajstić information content (AvgIpc) is 3.07. The van der Waals surface area contributed by atoms with Crippen molar-refractivity contribution in [2.24, 2.45) is 23.5 Å². The Morgan fingerprint density at radius 2 is 1.90 bits per heavy atom. The van der Waals surface area contributed by atoms with Gasteiger partial charge in [0, 0.05) is 19.0 Å². The van der Waals surface area contributed by atoms with E-state index >= 15 is 0 Å². The maximum Gasteiger partial charge on any atom is 0.223 e. The summed E-state index contributed by atoms with van der Waals surface area (Å²) in [6.45, 7) is 6.06. The van der Waals surface area contributed by atoms with Crippen LogP contribution >= 0.6 is 0 Å². The fourth-order valence-corrected chi connectivity index (χ4v) is 4.23. The molecular weight excluding hydrogens is 248 g/mol. The third-order valence-electron chi connectivity index (χ3n) is 5.16. The second kappa shape index (κ2) is 7.44. The normalized spacial score (nSPS) is 25.6. The van der Waals surface area contributed by atoms with E-state index in [9.17, 15) is 4.79 Å². The Morgan fingerprint density at radius 3 is 2.50 bits per heavy atom. The molecule has 2 N–H and O–H groups in total. The van der Waals surface area contributed by atoms with E-state index in [1.807, 2.05) is 0 Å². The Hall–Kier alpha value is -0.570. The Balaban J connectivity index is 1.89. The van der Waals surface area contributed by atoms with Crippen molar-refractivity contribution in [3.8, 4) is 0 Å². The lowest BCUT2D eigenvalue weighted by Crippen LogP contribution is -2.40. The zero-order valence-electron chi connectivity index (χ0n) is 13.3. The van der Waals surface area contributed by atoms with Crippen LogP contribution in [-0.2, 0) is 4.79 Å². The van der Waals surface area contributed by atoms with Crippen LogP contribution in [0.15, 0.2) is 0 Å². The molecule has 20 heavy (non-hydrogen) atoms. The van der Waals surface area contributed by atoms with Gasteiger partial charge in [-0.25, -0.2) is 0 Å². The van der Waals surface area contributed by atoms with Gasteiger partial charge in [-0.2, -0.15) is 0 Å². The van der Waals surface area contributed by atoms with Gasteiger partial charge in [-0.1, -0.05) is 26.7 Å². The van der Waals surface area contributed by atoms with Gasteiger partial charge in [0.15, 0.2) is 0 Å². The predicted octanol–water partition coefficient (Wildman–Crippen LogP) is 3.18. The highest BCUT2D eigenvalue weighted by Gasteiger charge is 2.36. The molecular formula is C17H32N2O. The monoisotopic (exact) mass is 280 g/mol. The predicted molar refractivity (Wildman–Crippen MR) is 83.3 cm³/mol. The molecule has 1 saturated carbocycles. The van der Waals surface area contributed by atoms with Gasteiger partial charge in [-0.15, -0.1) is 0 Å². The van der Waals surface area contributed by atoms with E-state index in [1.54, 1.807) is 0 Å². The summed E-state index contributed by atoms with van der Waals surface area (Å²) < 4.78 is 0. The molecule has 0 aromatic carbocycles. The van der Waals surface area contributed by atoms with Gasteiger partial charge in [-0.05, 0) is 56.4 Å². The lowest BCUT2D eigenvalue weighted by atomic mass is 9.92. The molecule has 1 aliphatic heterocycles. The average molecular weight is 280 g/mol. The number of nitrogens with two attached hydrogens (primary N) is 1. The highest BCUT2D eigenvalue weighted by Crippen LogP contribution is 2.36. The minimum Gasteiger partial charge on any atom is -0.339 e. The number of amides is 1. The molecule has 0 aromatic rings. The first-order chi connectivity index (χ1) is 9.61. The number of rotatable bonds is 6. The molecule has 1 amide bonds. The van der Waals surface area contributed by atoms with Crippen molar-refractivity contribution >= 4 is 5.91 Å². The van der Waals surface area contributed by atoms with Crippen LogP contribution in [0.2, 0.25) is 0 Å². The molecule has 1 saturated heterocycles. The van der Waals surface area contributed by atoms with E-state index in [1.165, 1.54) is 38.5 Å². The summed E-state index contributed by atoms with van der Waals surface area (Å²) in [5.41, 5.74) is 5.85. The number of carbonyl (C=O) groups is 1. The molecule has 3 nitrogen and oxygen atoms in total. The molecule has 1 unspecified atom stereocenters. The first-order valence-electron chi connectivity index (χ1n) is 8.61. The van der Waals surface area contributed by atoms with Crippen LogP contribution in [0.3, 0.4) is 0 Å². The van der Waals surface area contributed by atoms with Crippen molar-refractivity contribution in [3.05, 3.63) is 0 Å². The van der Waals surface area contributed by atoms with Crippen molar-refractivity contribution in [2.75, 3.05) is 13.1 Å². The second-order valence-electron chi connectivity index (χ2n) is 7.28. The number of likely N-dealkylation sites (tertiary alicyclic amines) is 1. The molecule has 0 radical (unpaired) electrons. The molecule has 1 heterocycles. The highest BCUT2D eigenvalue weighted by atomic mass is 16.2. The summed E-state index contributed by atoms with van der Waals surface area (Å²) in [5, 5.41) is 0. The van der Waals surface area contributed by atoms with Crippen molar-refractivity contribution in [1.29, 1.82) is 0 Å². The number of hydrogen-bond acceptors (Lipinski definition) is 2. The summed E-state index contributed by atoms with van der Waals surface area (Å²) in [4.78, 5) is 14.8. The SMILES string of the molecule is CC(C)C[C@H](CN)CC(=O)N1CCCC1C1CCCC1. The third kappa shape index (κ3) is 3.97. The molecule has 0 spiro atoms. The van der Waals surface area contributed by atoms with Gasteiger partial charge >= 0.3 is 0 Å². The van der Waals surface area contributed by atoms with Crippen LogP contribution in [-0.4, -0.2) is 29.9 Å². The largest absolute Gasteiger partial charge is 0.339 e. The van der Waals surface area contributed by atoms with Crippen molar-refractivity contribution < 1.29 is 4.79 Å². The van der Waals surface area contributed by atoms with Crippen LogP contribution in [0.1, 0.15) is 65.2 Å². The topological polar surface area (TPSA) is 46.3 Å². The maximum absolute atomic E-state index is 12.6. The van der Waals surface area contributed by atoms with Crippen LogP contribution in [0.5, 0.6) is 0 Å². The maximum atomic E-state index is 12.6. The number of hydrogen-bond donors (Lipinski definition) is 1. The fourth-order valence-electron chi connectivity index (χ4n) is 4.23. The van der Waals surface area contributed by atoms with Gasteiger partial charge in [0.05, 0.1) is 0 Å². The Morgan fingerprint density at radius 1 is 1.20 bits per heavy atom. The fraction of sp³-hybridized carbons (Fsp3) is 0.941. The zero-order valence-corrected chi connectivity index (χ0v) is 13.3. The van der Waals surface area contributed by atoms with Gasteiger partial charge in [0.25, 0.3) is 0 Å². The standard InChI is InChI=1S/C17H32N2O/c1-13(2)10-14(12-18)11-17(20)19-9-5-8-16(19)15-6-3-4-7-15/h13-16H,3-12,18H2,1-2H3/t14-,16?/m0/s1. The number of nitrogens with zero attached hydrogens (tertiary/aromatic N) is 1. The first-order valence-corrected chi connectivity index (χ1v) is 8.61. The minimum atomic E-state index is 0.368. The summed E-state index contributed by atoms with van der Waals surface area (Å²) in [6, 6.07) is 0.544. The van der Waals surface area contributed by atoms with Crippen LogP contribution in [0, 0.1) is 17.8 Å². The Kier molecular flexibility index (Phi) is 5.88. The van der Waals surface area contributed by atoms with Crippen molar-refractivity contribution in [2.45, 2.75) is 71.3 Å². The van der Waals surface area contributed by atoms with Gasteiger partial charge in [-0.3, -0.25) is 4.79 Å². The summed E-state index contributed by atoms with van der Waals surface area (Å²) in [7, 11) is 0. The van der Waals surface area contributed by atoms with Crippen LogP contribution < -0.4 is 5.73 Å². The van der Waals surface area contributed by atoms with Crippen molar-refractivity contribution in [3.63, 3.8) is 0 Å². The van der Waals surface area contributed by atoms with E-state index in [0.717, 1.165) is 18.9 Å². The molecule has 1 aliphatic carbocycles. The molecule has 2 aliphatic rings. The van der Waals surface area contributed by atoms with E-state index < -0.39 is 0 Å². The minimum absolute atomic E-state index is 0.368. The van der Waals surface area contributed by atoms with Gasteiger partial charge in [0.1, 0.15) is 0 Å². The molecule has 116 valence electrons. The van der Waals surface area contributed by atoms with E-state index in [4.69, 9.17) is 5.73 Å². The highest BCUT2D eigenvalue weighted by molar-refractivity contribution is 5.77. The molecule has 2 rings (SSSR count). The Labute approximate surface area is 124 Å². The molecule has 0 bridgehead atoms. The van der Waals surface area contributed by atoms with E-state index in [2.05, 4.69) is 18.7 Å².